The lowest BCUT2D eigenvalue weighted by Gasteiger charge is -2.05. The molecule has 0 saturated heterocycles. The molecule has 0 radical (unpaired) electrons. The van der Waals surface area contributed by atoms with E-state index in [1.54, 1.807) is 13.2 Å². The maximum Gasteiger partial charge on any atom is 0.374 e. The summed E-state index contributed by atoms with van der Waals surface area (Å²) in [6.45, 7) is 3.60. The quantitative estimate of drug-likeness (QED) is 0.392. The Morgan fingerprint density at radius 1 is 1.28 bits per heavy atom. The highest BCUT2D eigenvalue weighted by Gasteiger charge is 2.13. The molecule has 0 bridgehead atoms. The Kier molecular flexibility index (Phi) is 7.59. The molecule has 102 valence electrons. The number of methoxy groups -OCH3 is 1. The zero-order chi connectivity index (χ0) is 13.2. The Bertz CT molecular complexity index is 350. The number of ether oxygens (including phenoxy) is 2. The predicted octanol–water partition coefficient (Wildman–Crippen LogP) is 2.06. The molecule has 0 aliphatic heterocycles. The van der Waals surface area contributed by atoms with Gasteiger partial charge in [-0.25, -0.2) is 4.79 Å². The van der Waals surface area contributed by atoms with Crippen LogP contribution < -0.4 is 0 Å². The summed E-state index contributed by atoms with van der Waals surface area (Å²) >= 11 is 1.54. The average molecular weight is 274 g/mol. The lowest BCUT2D eigenvalue weighted by molar-refractivity contribution is -0.247. The molecule has 0 aliphatic rings. The van der Waals surface area contributed by atoms with E-state index >= 15 is 0 Å². The summed E-state index contributed by atoms with van der Waals surface area (Å²) < 4.78 is 9.96. The van der Waals surface area contributed by atoms with Crippen LogP contribution in [0.4, 0.5) is 0 Å². The van der Waals surface area contributed by atoms with Crippen molar-refractivity contribution in [3.8, 4) is 0 Å². The fourth-order valence-corrected chi connectivity index (χ4v) is 2.09. The molecule has 0 spiro atoms. The molecule has 1 heterocycles. The zero-order valence-electron chi connectivity index (χ0n) is 10.6. The maximum absolute atomic E-state index is 11.6. The van der Waals surface area contributed by atoms with E-state index in [1.165, 1.54) is 11.3 Å². The largest absolute Gasteiger partial charge is 0.382 e. The van der Waals surface area contributed by atoms with Gasteiger partial charge in [-0.05, 0) is 17.9 Å². The lowest BCUT2D eigenvalue weighted by atomic mass is 10.2. The topological polar surface area (TPSA) is 54.0 Å². The van der Waals surface area contributed by atoms with E-state index in [0.29, 0.717) is 25.4 Å². The molecule has 1 aromatic heterocycles. The van der Waals surface area contributed by atoms with Crippen LogP contribution in [-0.4, -0.2) is 39.5 Å². The van der Waals surface area contributed by atoms with Gasteiger partial charge < -0.3 is 9.47 Å². The van der Waals surface area contributed by atoms with Crippen LogP contribution in [-0.2, 0) is 25.7 Å². The Balaban J connectivity index is 2.14. The molecule has 0 amide bonds. The summed E-state index contributed by atoms with van der Waals surface area (Å²) in [5.74, 6) is -0.454. The summed E-state index contributed by atoms with van der Waals surface area (Å²) in [6, 6.07) is 1.74. The molecule has 5 nitrogen and oxygen atoms in total. The van der Waals surface area contributed by atoms with Crippen LogP contribution >= 0.6 is 11.3 Å². The number of rotatable bonds is 9. The second-order valence-corrected chi connectivity index (χ2v) is 4.41. The van der Waals surface area contributed by atoms with E-state index in [2.05, 4.69) is 0 Å². The second kappa shape index (κ2) is 9.04. The fraction of sp³-hybridized carbons (Fsp3) is 0.583. The van der Waals surface area contributed by atoms with Gasteiger partial charge in [0.25, 0.3) is 0 Å². The minimum Gasteiger partial charge on any atom is -0.382 e. The van der Waals surface area contributed by atoms with Crippen LogP contribution in [0.3, 0.4) is 0 Å². The van der Waals surface area contributed by atoms with Crippen molar-refractivity contribution in [3.63, 3.8) is 0 Å². The van der Waals surface area contributed by atoms with Gasteiger partial charge in [-0.15, -0.1) is 11.3 Å². The molecule has 6 heteroatoms. The summed E-state index contributed by atoms with van der Waals surface area (Å²) in [4.78, 5) is 22.1. The van der Waals surface area contributed by atoms with Crippen molar-refractivity contribution in [3.05, 3.63) is 21.9 Å². The highest BCUT2D eigenvalue weighted by atomic mass is 32.1. The normalized spacial score (nSPS) is 10.6. The zero-order valence-corrected chi connectivity index (χ0v) is 11.5. The third-order valence-corrected chi connectivity index (χ3v) is 3.23. The molecule has 0 atom stereocenters. The van der Waals surface area contributed by atoms with E-state index in [0.717, 1.165) is 11.3 Å². The van der Waals surface area contributed by atoms with E-state index in [-0.39, 0.29) is 6.61 Å². The van der Waals surface area contributed by atoms with Gasteiger partial charge in [0, 0.05) is 12.0 Å². The molecule has 0 aliphatic carbocycles. The summed E-state index contributed by atoms with van der Waals surface area (Å²) in [5, 5.41) is 1.86. The third-order valence-electron chi connectivity index (χ3n) is 2.16. The molecule has 0 N–H and O–H groups in total. The van der Waals surface area contributed by atoms with Crippen molar-refractivity contribution in [1.29, 1.82) is 0 Å². The summed E-state index contributed by atoms with van der Waals surface area (Å²) in [7, 11) is 1.60. The van der Waals surface area contributed by atoms with Gasteiger partial charge in [-0.3, -0.25) is 4.89 Å². The van der Waals surface area contributed by atoms with Crippen molar-refractivity contribution in [2.45, 2.75) is 13.3 Å². The van der Waals surface area contributed by atoms with Crippen molar-refractivity contribution in [1.82, 2.24) is 0 Å². The van der Waals surface area contributed by atoms with Crippen LogP contribution in [0.1, 0.15) is 22.2 Å². The monoisotopic (exact) mass is 274 g/mol. The van der Waals surface area contributed by atoms with E-state index < -0.39 is 5.97 Å². The first-order valence-corrected chi connectivity index (χ1v) is 6.64. The Morgan fingerprint density at radius 2 is 2.06 bits per heavy atom. The molecular formula is C12H18O5S. The summed E-state index contributed by atoms with van der Waals surface area (Å²) in [5.41, 5.74) is 0.572. The van der Waals surface area contributed by atoms with Crippen molar-refractivity contribution in [2.24, 2.45) is 0 Å². The predicted molar refractivity (Wildman–Crippen MR) is 67.8 cm³/mol. The molecule has 0 unspecified atom stereocenters. The van der Waals surface area contributed by atoms with Gasteiger partial charge >= 0.3 is 5.97 Å². The SMILES string of the molecule is CCc1sccc1C(=O)OOCCOCCOC. The molecule has 1 rings (SSSR count). The minimum absolute atomic E-state index is 0.209. The first kappa shape index (κ1) is 15.1. The second-order valence-electron chi connectivity index (χ2n) is 3.41. The summed E-state index contributed by atoms with van der Waals surface area (Å²) in [6.07, 6.45) is 0.808. The lowest BCUT2D eigenvalue weighted by Crippen LogP contribution is -2.12. The maximum atomic E-state index is 11.6. The van der Waals surface area contributed by atoms with Gasteiger partial charge in [0.05, 0.1) is 25.4 Å². The highest BCUT2D eigenvalue weighted by molar-refractivity contribution is 7.10. The van der Waals surface area contributed by atoms with Crippen LogP contribution in [0.15, 0.2) is 11.4 Å². The Morgan fingerprint density at radius 3 is 2.78 bits per heavy atom. The number of hydrogen-bond acceptors (Lipinski definition) is 6. The van der Waals surface area contributed by atoms with Crippen molar-refractivity contribution >= 4 is 17.3 Å². The smallest absolute Gasteiger partial charge is 0.374 e. The molecule has 0 aromatic carbocycles. The van der Waals surface area contributed by atoms with Gasteiger partial charge in [0.1, 0.15) is 6.61 Å². The third kappa shape index (κ3) is 5.14. The Labute approximate surface area is 111 Å². The minimum atomic E-state index is -0.454. The molecule has 18 heavy (non-hydrogen) atoms. The Hall–Kier alpha value is -0.950. The molecule has 1 aromatic rings. The van der Waals surface area contributed by atoms with E-state index in [1.807, 2.05) is 12.3 Å². The number of carbonyl (C=O) groups is 1. The van der Waals surface area contributed by atoms with Gasteiger partial charge in [0.2, 0.25) is 0 Å². The number of aryl methyl sites for hydroxylation is 1. The number of carbonyl (C=O) groups excluding carboxylic acids is 1. The standard InChI is InChI=1S/C12H18O5S/c1-3-11-10(4-9-18-11)12(13)17-16-8-7-15-6-5-14-2/h4,9H,3,5-8H2,1-2H3. The van der Waals surface area contributed by atoms with Crippen LogP contribution in [0.2, 0.25) is 0 Å². The number of hydrogen-bond donors (Lipinski definition) is 0. The first-order chi connectivity index (χ1) is 8.79. The van der Waals surface area contributed by atoms with E-state index in [9.17, 15) is 4.79 Å². The first-order valence-electron chi connectivity index (χ1n) is 5.76. The number of thiophene rings is 1. The molecule has 0 fully saturated rings. The molecule has 0 saturated carbocycles. The van der Waals surface area contributed by atoms with Crippen molar-refractivity contribution in [2.75, 3.05) is 33.5 Å². The molecular weight excluding hydrogens is 256 g/mol. The van der Waals surface area contributed by atoms with Crippen LogP contribution in [0.25, 0.3) is 0 Å². The average Bonchev–Trinajstić information content (AvgIpc) is 2.85. The van der Waals surface area contributed by atoms with Crippen LogP contribution in [0, 0.1) is 0 Å². The van der Waals surface area contributed by atoms with Crippen molar-refractivity contribution < 1.29 is 24.0 Å². The highest BCUT2D eigenvalue weighted by Crippen LogP contribution is 2.18. The van der Waals surface area contributed by atoms with Gasteiger partial charge in [-0.2, -0.15) is 4.89 Å². The van der Waals surface area contributed by atoms with E-state index in [4.69, 9.17) is 19.2 Å². The van der Waals surface area contributed by atoms with Gasteiger partial charge in [0.15, 0.2) is 0 Å². The fourth-order valence-electron chi connectivity index (χ4n) is 1.27. The van der Waals surface area contributed by atoms with Crippen LogP contribution in [0.5, 0.6) is 0 Å². The van der Waals surface area contributed by atoms with Gasteiger partial charge in [-0.1, -0.05) is 6.92 Å².